The van der Waals surface area contributed by atoms with Crippen LogP contribution in [-0.2, 0) is 0 Å². The van der Waals surface area contributed by atoms with Crippen molar-refractivity contribution in [1.82, 2.24) is 0 Å². The maximum Gasteiger partial charge on any atom is 0.141 e. The van der Waals surface area contributed by atoms with Gasteiger partial charge in [-0.3, -0.25) is 0 Å². The molecule has 0 saturated heterocycles. The summed E-state index contributed by atoms with van der Waals surface area (Å²) < 4.78 is 5.00. The van der Waals surface area contributed by atoms with Crippen molar-refractivity contribution in [2.24, 2.45) is 0 Å². The van der Waals surface area contributed by atoms with Gasteiger partial charge < -0.3 is 42.6 Å². The van der Waals surface area contributed by atoms with Crippen LogP contribution in [0.3, 0.4) is 0 Å². The Kier molecular flexibility index (Phi) is 11.3. The van der Waals surface area contributed by atoms with Crippen molar-refractivity contribution in [2.75, 3.05) is 42.8 Å². The van der Waals surface area contributed by atoms with Crippen LogP contribution in [0.15, 0.2) is 42.5 Å². The van der Waals surface area contributed by atoms with Crippen LogP contribution in [0.2, 0.25) is 10.0 Å². The summed E-state index contributed by atoms with van der Waals surface area (Å²) in [6.07, 6.45) is 0. The molecule has 0 saturated carbocycles. The third kappa shape index (κ3) is 8.34. The van der Waals surface area contributed by atoms with Gasteiger partial charge in [0, 0.05) is 12.2 Å². The fraction of sp³-hybridized carbons (Fsp3) is 0.217. The average molecular weight is 497 g/mol. The first-order chi connectivity index (χ1) is 15.5. The molecule has 0 heterocycles. The number of phenols is 2. The van der Waals surface area contributed by atoms with Gasteiger partial charge in [0.2, 0.25) is 0 Å². The first-order valence-corrected chi connectivity index (χ1v) is 10.5. The molecule has 0 fully saturated rings. The van der Waals surface area contributed by atoms with E-state index in [0.29, 0.717) is 29.4 Å². The SMILES string of the molecule is COc1ccc(NCCO)cc1N.Cc1ccc(N)c(Cl)c1O.Cc1ccc(N)c(Cl)c1O. The molecule has 0 amide bonds. The standard InChI is InChI=1S/C9H14N2O2.2C7H8ClNO/c1-13-9-3-2-7(6-8(9)10)11-4-5-12;2*1-4-2-3-5(9)6(8)7(4)10/h2-3,6,11-12H,4-5,10H2,1H3;2*2-3,10H,9H2,1H3. The maximum atomic E-state index is 9.18. The molecule has 0 atom stereocenters. The summed E-state index contributed by atoms with van der Waals surface area (Å²) in [4.78, 5) is 0. The van der Waals surface area contributed by atoms with Gasteiger partial charge in [0.15, 0.2) is 0 Å². The highest BCUT2D eigenvalue weighted by molar-refractivity contribution is 6.35. The van der Waals surface area contributed by atoms with E-state index in [-0.39, 0.29) is 28.2 Å². The summed E-state index contributed by atoms with van der Waals surface area (Å²) in [7, 11) is 1.58. The number of aromatic hydroxyl groups is 2. The third-order valence-electron chi connectivity index (χ3n) is 4.37. The highest BCUT2D eigenvalue weighted by Gasteiger charge is 2.04. The van der Waals surface area contributed by atoms with Crippen LogP contribution in [0.1, 0.15) is 11.1 Å². The Morgan fingerprint density at radius 2 is 1.30 bits per heavy atom. The van der Waals surface area contributed by atoms with Crippen LogP contribution in [0.25, 0.3) is 0 Å². The van der Waals surface area contributed by atoms with Gasteiger partial charge in [-0.05, 0) is 55.3 Å². The van der Waals surface area contributed by atoms with E-state index in [0.717, 1.165) is 16.8 Å². The fourth-order valence-electron chi connectivity index (χ4n) is 2.40. The van der Waals surface area contributed by atoms with Crippen LogP contribution >= 0.6 is 23.2 Å². The lowest BCUT2D eigenvalue weighted by atomic mass is 10.2. The molecule has 0 spiro atoms. The third-order valence-corrected chi connectivity index (χ3v) is 5.16. The summed E-state index contributed by atoms with van der Waals surface area (Å²) in [5, 5.41) is 30.4. The number of aliphatic hydroxyl groups is 1. The van der Waals surface area contributed by atoms with Gasteiger partial charge in [-0.25, -0.2) is 0 Å². The normalized spacial score (nSPS) is 9.76. The van der Waals surface area contributed by atoms with Gasteiger partial charge in [0.1, 0.15) is 27.3 Å². The van der Waals surface area contributed by atoms with Gasteiger partial charge in [-0.2, -0.15) is 0 Å². The Morgan fingerprint density at radius 3 is 1.67 bits per heavy atom. The fourth-order valence-corrected chi connectivity index (χ4v) is 2.82. The van der Waals surface area contributed by atoms with Gasteiger partial charge in [-0.1, -0.05) is 35.3 Å². The second-order valence-electron chi connectivity index (χ2n) is 6.88. The molecular weight excluding hydrogens is 467 g/mol. The number of ether oxygens (including phenoxy) is 1. The number of nitrogens with one attached hydrogen (secondary N) is 1. The zero-order valence-electron chi connectivity index (χ0n) is 18.7. The Bertz CT molecular complexity index is 956. The Labute approximate surface area is 203 Å². The Hall–Kier alpha value is -3.20. The summed E-state index contributed by atoms with van der Waals surface area (Å²) in [6, 6.07) is 12.2. The summed E-state index contributed by atoms with van der Waals surface area (Å²) in [5.41, 5.74) is 20.2. The number of rotatable bonds is 4. The van der Waals surface area contributed by atoms with Crippen molar-refractivity contribution < 1.29 is 20.1 Å². The molecule has 0 aliphatic carbocycles. The Morgan fingerprint density at radius 1 is 0.818 bits per heavy atom. The lowest BCUT2D eigenvalue weighted by Crippen LogP contribution is -2.05. The lowest BCUT2D eigenvalue weighted by molar-refractivity contribution is 0.311. The molecule has 0 aromatic heterocycles. The van der Waals surface area contributed by atoms with Crippen molar-refractivity contribution in [3.8, 4) is 17.2 Å². The minimum atomic E-state index is 0.0710. The predicted octanol–water partition coefficient (Wildman–Crippen LogP) is 4.55. The number of nitrogens with two attached hydrogens (primary N) is 3. The quantitative estimate of drug-likeness (QED) is 0.258. The topological polar surface area (TPSA) is 160 Å². The number of aliphatic hydroxyl groups excluding tert-OH is 1. The van der Waals surface area contributed by atoms with E-state index in [1.807, 2.05) is 6.07 Å². The lowest BCUT2D eigenvalue weighted by Gasteiger charge is -2.08. The smallest absolute Gasteiger partial charge is 0.141 e. The zero-order chi connectivity index (χ0) is 25.1. The second-order valence-corrected chi connectivity index (χ2v) is 7.63. The maximum absolute atomic E-state index is 9.18. The number of aryl methyl sites for hydroxylation is 2. The van der Waals surface area contributed by atoms with E-state index in [2.05, 4.69) is 5.32 Å². The van der Waals surface area contributed by atoms with Gasteiger partial charge in [-0.15, -0.1) is 0 Å². The van der Waals surface area contributed by atoms with Crippen LogP contribution in [0.5, 0.6) is 17.2 Å². The number of nitrogen functional groups attached to an aromatic ring is 3. The monoisotopic (exact) mass is 496 g/mol. The number of hydrogen-bond donors (Lipinski definition) is 7. The van der Waals surface area contributed by atoms with Crippen molar-refractivity contribution in [3.63, 3.8) is 0 Å². The number of methoxy groups -OCH3 is 1. The van der Waals surface area contributed by atoms with E-state index >= 15 is 0 Å². The largest absolute Gasteiger partial charge is 0.506 e. The molecule has 0 aliphatic rings. The molecule has 3 aromatic carbocycles. The van der Waals surface area contributed by atoms with E-state index in [1.165, 1.54) is 0 Å². The highest BCUT2D eigenvalue weighted by Crippen LogP contribution is 2.32. The van der Waals surface area contributed by atoms with Gasteiger partial charge in [0.05, 0.1) is 30.8 Å². The summed E-state index contributed by atoms with van der Waals surface area (Å²) in [6.45, 7) is 4.15. The summed E-state index contributed by atoms with van der Waals surface area (Å²) >= 11 is 11.2. The molecule has 180 valence electrons. The van der Waals surface area contributed by atoms with E-state index in [4.69, 9.17) is 50.2 Å². The minimum Gasteiger partial charge on any atom is -0.506 e. The van der Waals surface area contributed by atoms with Crippen molar-refractivity contribution >= 4 is 46.0 Å². The molecule has 3 rings (SSSR count). The average Bonchev–Trinajstić information content (AvgIpc) is 2.81. The molecule has 0 unspecified atom stereocenters. The van der Waals surface area contributed by atoms with Crippen molar-refractivity contribution in [1.29, 1.82) is 0 Å². The van der Waals surface area contributed by atoms with E-state index < -0.39 is 0 Å². The predicted molar refractivity (Wildman–Crippen MR) is 138 cm³/mol. The first-order valence-electron chi connectivity index (χ1n) is 9.78. The first kappa shape index (κ1) is 27.8. The van der Waals surface area contributed by atoms with Crippen LogP contribution in [0, 0.1) is 13.8 Å². The molecule has 0 radical (unpaired) electrons. The second kappa shape index (κ2) is 13.4. The molecule has 10 N–H and O–H groups in total. The van der Waals surface area contributed by atoms with Gasteiger partial charge >= 0.3 is 0 Å². The Balaban J connectivity index is 0.000000251. The van der Waals surface area contributed by atoms with Crippen molar-refractivity contribution in [3.05, 3.63) is 63.6 Å². The molecule has 10 heteroatoms. The molecule has 8 nitrogen and oxygen atoms in total. The van der Waals surface area contributed by atoms with Crippen molar-refractivity contribution in [2.45, 2.75) is 13.8 Å². The van der Waals surface area contributed by atoms with Gasteiger partial charge in [0.25, 0.3) is 0 Å². The number of phenolic OH excluding ortho intramolecular Hbond substituents is 2. The number of halogens is 2. The molecule has 33 heavy (non-hydrogen) atoms. The highest BCUT2D eigenvalue weighted by atomic mass is 35.5. The summed E-state index contributed by atoms with van der Waals surface area (Å²) in [5.74, 6) is 0.804. The van der Waals surface area contributed by atoms with Crippen LogP contribution in [-0.4, -0.2) is 35.6 Å². The molecule has 3 aromatic rings. The molecular formula is C23H30Cl2N4O4. The number of benzene rings is 3. The minimum absolute atomic E-state index is 0.0710. The molecule has 0 aliphatic heterocycles. The van der Waals surface area contributed by atoms with E-state index in [1.54, 1.807) is 57.4 Å². The number of anilines is 4. The van der Waals surface area contributed by atoms with E-state index in [9.17, 15) is 10.2 Å². The molecule has 0 bridgehead atoms. The number of hydrogen-bond acceptors (Lipinski definition) is 8. The van der Waals surface area contributed by atoms with Crippen LogP contribution in [0.4, 0.5) is 22.7 Å². The zero-order valence-corrected chi connectivity index (χ0v) is 20.2. The van der Waals surface area contributed by atoms with Crippen LogP contribution < -0.4 is 27.3 Å².